The predicted molar refractivity (Wildman–Crippen MR) is 233 cm³/mol. The van der Waals surface area contributed by atoms with Gasteiger partial charge < -0.3 is 44.5 Å². The number of likely N-dealkylation sites (N-methyl/N-ethyl adjacent to an activating group) is 1. The summed E-state index contributed by atoms with van der Waals surface area (Å²) in [7, 11) is 5.16. The van der Waals surface area contributed by atoms with Crippen LogP contribution in [0.25, 0.3) is 0 Å². The number of hydrogen-bond acceptors (Lipinski definition) is 13. The van der Waals surface area contributed by atoms with Crippen molar-refractivity contribution in [1.29, 1.82) is 0 Å². The van der Waals surface area contributed by atoms with Crippen molar-refractivity contribution in [3.8, 4) is 11.5 Å². The Bertz CT molecular complexity index is 2300. The van der Waals surface area contributed by atoms with Gasteiger partial charge in [0.1, 0.15) is 18.1 Å². The second kappa shape index (κ2) is 20.8. The van der Waals surface area contributed by atoms with Gasteiger partial charge in [0.15, 0.2) is 6.10 Å². The van der Waals surface area contributed by atoms with E-state index in [0.717, 1.165) is 21.7 Å². The van der Waals surface area contributed by atoms with Crippen LogP contribution in [-0.4, -0.2) is 88.9 Å². The number of halogens is 1. The van der Waals surface area contributed by atoms with Gasteiger partial charge in [-0.15, -0.1) is 11.8 Å². The first-order chi connectivity index (χ1) is 29.4. The van der Waals surface area contributed by atoms with Gasteiger partial charge in [0, 0.05) is 42.2 Å². The molecule has 0 bridgehead atoms. The molecule has 1 amide bonds. The number of ether oxygens (including phenoxy) is 5. The molecule has 0 aliphatic carbocycles. The Morgan fingerprint density at radius 2 is 1.57 bits per heavy atom. The smallest absolute Gasteiger partial charge is 0.342 e. The van der Waals surface area contributed by atoms with Gasteiger partial charge in [-0.25, -0.2) is 9.59 Å². The molecule has 61 heavy (non-hydrogen) atoms. The van der Waals surface area contributed by atoms with Crippen LogP contribution in [0.15, 0.2) is 124 Å². The average Bonchev–Trinajstić information content (AvgIpc) is 3.35. The molecule has 0 fully saturated rings. The van der Waals surface area contributed by atoms with Crippen LogP contribution in [0.2, 0.25) is 5.02 Å². The van der Waals surface area contributed by atoms with Gasteiger partial charge in [-0.05, 0) is 80.2 Å². The second-order valence-corrected chi connectivity index (χ2v) is 16.2. The van der Waals surface area contributed by atoms with Gasteiger partial charge >= 0.3 is 17.9 Å². The van der Waals surface area contributed by atoms with E-state index in [0.29, 0.717) is 40.8 Å². The number of dihydropyridines is 1. The summed E-state index contributed by atoms with van der Waals surface area (Å²) in [4.78, 5) is 58.3. The van der Waals surface area contributed by atoms with E-state index in [1.807, 2.05) is 67.5 Å². The highest BCUT2D eigenvalue weighted by molar-refractivity contribution is 7.99. The molecule has 2 aliphatic rings. The van der Waals surface area contributed by atoms with Gasteiger partial charge in [0.05, 0.1) is 54.0 Å². The molecule has 1 unspecified atom stereocenters. The third-order valence-electron chi connectivity index (χ3n) is 10.0. The number of hydrogen-bond donors (Lipinski definition) is 2. The summed E-state index contributed by atoms with van der Waals surface area (Å²) in [5.41, 5.74) is 9.81. The maximum atomic E-state index is 14.2. The van der Waals surface area contributed by atoms with Gasteiger partial charge in [0.25, 0.3) is 5.91 Å². The second-order valence-electron chi connectivity index (χ2n) is 14.6. The van der Waals surface area contributed by atoms with Crippen molar-refractivity contribution in [2.75, 3.05) is 59.0 Å². The number of carbonyl (C=O) groups excluding carboxylic acids is 4. The van der Waals surface area contributed by atoms with Gasteiger partial charge in [-0.1, -0.05) is 66.2 Å². The largest absolute Gasteiger partial charge is 0.489 e. The molecule has 4 aromatic carbocycles. The summed E-state index contributed by atoms with van der Waals surface area (Å²) in [6.45, 7) is 4.82. The maximum absolute atomic E-state index is 14.2. The lowest BCUT2D eigenvalue weighted by Crippen LogP contribution is -2.45. The fourth-order valence-corrected chi connectivity index (χ4v) is 8.65. The number of nitrogens with zero attached hydrogens (tertiary/aromatic N) is 2. The number of allylic oxidation sites excluding steroid dienone is 1. The van der Waals surface area contributed by atoms with E-state index in [1.54, 1.807) is 60.4 Å². The number of amides is 1. The third-order valence-corrected chi connectivity index (χ3v) is 11.7. The van der Waals surface area contributed by atoms with Crippen LogP contribution in [-0.2, 0) is 40.0 Å². The molecule has 2 heterocycles. The Hall–Kier alpha value is -5.64. The molecule has 15 heteroatoms. The topological polar surface area (TPSA) is 159 Å². The van der Waals surface area contributed by atoms with Crippen molar-refractivity contribution in [2.24, 2.45) is 5.73 Å². The number of anilines is 1. The maximum Gasteiger partial charge on any atom is 0.342 e. The molecule has 3 atom stereocenters. The molecular weight excluding hydrogens is 820 g/mol. The van der Waals surface area contributed by atoms with Crippen LogP contribution in [0, 0.1) is 0 Å². The fourth-order valence-electron chi connectivity index (χ4n) is 7.09. The SMILES string of the molecule is COC(=O)C1=C(C)NC(COCCN)=C(C(=O)Oc2ccc(COc3ccc([C@@H]4Sc5ccccc5N(CCN(C)C)C(=O)[C@@H]4OC(C)=O)cc3)cc2)C1c1ccccc1Cl. The van der Waals surface area contributed by atoms with Crippen LogP contribution in [0.3, 0.4) is 0 Å². The molecule has 0 spiro atoms. The van der Waals surface area contributed by atoms with E-state index < -0.39 is 35.2 Å². The van der Waals surface area contributed by atoms with Gasteiger partial charge in [-0.2, -0.15) is 0 Å². The van der Waals surface area contributed by atoms with Gasteiger partial charge in [0.2, 0.25) is 0 Å². The van der Waals surface area contributed by atoms with Crippen molar-refractivity contribution in [3.05, 3.63) is 141 Å². The molecule has 0 aromatic heterocycles. The van der Waals surface area contributed by atoms with Crippen molar-refractivity contribution in [1.82, 2.24) is 10.2 Å². The zero-order valence-electron chi connectivity index (χ0n) is 34.6. The third kappa shape index (κ3) is 10.8. The Kier molecular flexibility index (Phi) is 15.3. The molecule has 4 aromatic rings. The van der Waals surface area contributed by atoms with Crippen LogP contribution in [0.4, 0.5) is 5.69 Å². The Labute approximate surface area is 364 Å². The molecule has 0 saturated carbocycles. The van der Waals surface area contributed by atoms with Crippen LogP contribution < -0.4 is 25.4 Å². The minimum atomic E-state index is -1.05. The number of rotatable bonds is 16. The molecular formula is C46H49ClN4O9S. The number of esters is 3. The number of fused-ring (bicyclic) bond motifs is 1. The molecule has 6 rings (SSSR count). The number of para-hydroxylation sites is 1. The van der Waals surface area contributed by atoms with Crippen LogP contribution in [0.1, 0.15) is 41.7 Å². The number of thioether (sulfide) groups is 1. The molecule has 0 saturated heterocycles. The molecule has 3 N–H and O–H groups in total. The van der Waals surface area contributed by atoms with E-state index in [4.69, 9.17) is 41.0 Å². The highest BCUT2D eigenvalue weighted by atomic mass is 35.5. The minimum Gasteiger partial charge on any atom is -0.489 e. The van der Waals surface area contributed by atoms with Gasteiger partial charge in [-0.3, -0.25) is 9.59 Å². The van der Waals surface area contributed by atoms with Crippen LogP contribution >= 0.6 is 23.4 Å². The van der Waals surface area contributed by atoms with E-state index in [-0.39, 0.29) is 49.2 Å². The Morgan fingerprint density at radius 1 is 0.885 bits per heavy atom. The van der Waals surface area contributed by atoms with E-state index in [9.17, 15) is 19.2 Å². The summed E-state index contributed by atoms with van der Waals surface area (Å²) in [6, 6.07) is 28.9. The lowest BCUT2D eigenvalue weighted by Gasteiger charge is -2.31. The number of carbonyl (C=O) groups is 4. The fraction of sp³-hybridized carbons (Fsp3) is 0.304. The highest BCUT2D eigenvalue weighted by Crippen LogP contribution is 2.47. The number of benzene rings is 4. The summed E-state index contributed by atoms with van der Waals surface area (Å²) >= 11 is 8.15. The summed E-state index contributed by atoms with van der Waals surface area (Å²) in [5, 5.41) is 3.01. The average molecular weight is 869 g/mol. The lowest BCUT2D eigenvalue weighted by molar-refractivity contribution is -0.152. The molecule has 0 radical (unpaired) electrons. The highest BCUT2D eigenvalue weighted by Gasteiger charge is 2.42. The molecule has 2 aliphatic heterocycles. The van der Waals surface area contributed by atoms with E-state index in [1.165, 1.54) is 25.8 Å². The van der Waals surface area contributed by atoms with Crippen LogP contribution in [0.5, 0.6) is 11.5 Å². The Morgan fingerprint density at radius 3 is 2.25 bits per heavy atom. The number of methoxy groups -OCH3 is 1. The quantitative estimate of drug-likeness (QED) is 0.0709. The first kappa shape index (κ1) is 44.9. The zero-order valence-corrected chi connectivity index (χ0v) is 36.2. The zero-order chi connectivity index (χ0) is 43.6. The Balaban J connectivity index is 1.17. The lowest BCUT2D eigenvalue weighted by atomic mass is 9.80. The standard InChI is InChI=1S/C46H49ClN4O9S/c1-28-39(45(54)56-5)40(34-10-6-7-11-35(34)47)41(36(49-28)27-57-25-22-48)46(55)60-33-18-14-30(15-19-33)26-58-32-20-16-31(17-21-32)43-42(59-29(2)52)44(53)51(24-23-50(3)4)37-12-8-9-13-38(37)61-43/h6-21,40,42-43,49H,22-27,48H2,1-5H3/t40?,42-,43+/m1/s1. The summed E-state index contributed by atoms with van der Waals surface area (Å²) < 4.78 is 28.7. The predicted octanol–water partition coefficient (Wildman–Crippen LogP) is 6.56. The molecule has 320 valence electrons. The van der Waals surface area contributed by atoms with E-state index >= 15 is 0 Å². The monoisotopic (exact) mass is 868 g/mol. The summed E-state index contributed by atoms with van der Waals surface area (Å²) in [5.74, 6) is -2.23. The van der Waals surface area contributed by atoms with Crippen molar-refractivity contribution in [2.45, 2.75) is 42.6 Å². The van der Waals surface area contributed by atoms with Crippen molar-refractivity contribution < 1.29 is 42.9 Å². The minimum absolute atomic E-state index is 0.000357. The van der Waals surface area contributed by atoms with Crippen molar-refractivity contribution >= 4 is 52.9 Å². The molecule has 13 nitrogen and oxygen atoms in total. The van der Waals surface area contributed by atoms with Crippen molar-refractivity contribution in [3.63, 3.8) is 0 Å². The summed E-state index contributed by atoms with van der Waals surface area (Å²) in [6.07, 6.45) is -1.05. The van der Waals surface area contributed by atoms with E-state index in [2.05, 4.69) is 5.32 Å². The normalized spacial score (nSPS) is 17.7. The number of nitrogens with two attached hydrogens (primary N) is 1. The first-order valence-corrected chi connectivity index (χ1v) is 20.9. The number of nitrogens with one attached hydrogen (secondary N) is 1. The first-order valence-electron chi connectivity index (χ1n) is 19.6.